The van der Waals surface area contributed by atoms with Crippen molar-refractivity contribution in [3.05, 3.63) is 54.3 Å². The average molecular weight is 457 g/mol. The zero-order valence-electron chi connectivity index (χ0n) is 16.6. The Morgan fingerprint density at radius 1 is 1.33 bits per heavy atom. The van der Waals surface area contributed by atoms with Crippen LogP contribution >= 0.6 is 23.8 Å². The maximum Gasteiger partial charge on any atom is 0.353 e. The molecule has 0 fully saturated rings. The number of halogens is 2. The van der Waals surface area contributed by atoms with Gasteiger partial charge in [-0.25, -0.2) is 23.3 Å². The van der Waals surface area contributed by atoms with Crippen molar-refractivity contribution in [2.24, 2.45) is 19.3 Å². The van der Waals surface area contributed by atoms with Crippen LogP contribution in [0, 0.1) is 10.6 Å². The molecule has 0 spiro atoms. The predicted octanol–water partition coefficient (Wildman–Crippen LogP) is 1.84. The second-order valence-corrected chi connectivity index (χ2v) is 7.61. The summed E-state index contributed by atoms with van der Waals surface area (Å²) in [6.07, 6.45) is 0.00239. The highest BCUT2D eigenvalue weighted by Crippen LogP contribution is 2.32. The van der Waals surface area contributed by atoms with Gasteiger partial charge in [-0.1, -0.05) is 16.8 Å². The Bertz CT molecular complexity index is 1220. The van der Waals surface area contributed by atoms with Gasteiger partial charge in [0.2, 0.25) is 5.60 Å². The van der Waals surface area contributed by atoms with E-state index in [1.165, 1.54) is 27.1 Å². The first-order valence-corrected chi connectivity index (χ1v) is 9.61. The minimum atomic E-state index is -1.37. The Kier molecular flexibility index (Phi) is 5.70. The molecular formula is C18H18ClFN4O5S. The summed E-state index contributed by atoms with van der Waals surface area (Å²) < 4.78 is 22.4. The van der Waals surface area contributed by atoms with Crippen LogP contribution < -0.4 is 11.4 Å². The smallest absolute Gasteiger partial charge is 0.353 e. The maximum absolute atomic E-state index is 14.7. The van der Waals surface area contributed by atoms with Gasteiger partial charge in [0.25, 0.3) is 0 Å². The number of aromatic nitrogens is 3. The molecule has 160 valence electrons. The van der Waals surface area contributed by atoms with Crippen LogP contribution in [-0.4, -0.2) is 37.6 Å². The van der Waals surface area contributed by atoms with Gasteiger partial charge >= 0.3 is 17.3 Å². The molecule has 1 aliphatic heterocycles. The van der Waals surface area contributed by atoms with Crippen molar-refractivity contribution >= 4 is 35.5 Å². The minimum absolute atomic E-state index is 0.00239. The first-order valence-electron chi connectivity index (χ1n) is 8.83. The van der Waals surface area contributed by atoms with Crippen LogP contribution in [0.25, 0.3) is 5.69 Å². The zero-order valence-corrected chi connectivity index (χ0v) is 18.1. The van der Waals surface area contributed by atoms with Gasteiger partial charge in [0.15, 0.2) is 4.77 Å². The topological polar surface area (TPSA) is 96.8 Å². The summed E-state index contributed by atoms with van der Waals surface area (Å²) in [5.41, 5.74) is -2.90. The molecule has 1 aromatic carbocycles. The SMILES string of the molecule is CCOC(=O)C1(C)CC(c2cc(-n3c(=O)n(C)c(=S)n(C)c3=O)c(F)cc2Cl)=NO1. The fourth-order valence-electron chi connectivity index (χ4n) is 2.98. The molecule has 0 saturated heterocycles. The van der Waals surface area contributed by atoms with Crippen molar-refractivity contribution in [2.75, 3.05) is 6.61 Å². The van der Waals surface area contributed by atoms with E-state index in [2.05, 4.69) is 5.16 Å². The zero-order chi connectivity index (χ0) is 22.4. The largest absolute Gasteiger partial charge is 0.463 e. The number of oxime groups is 1. The molecule has 2 heterocycles. The third kappa shape index (κ3) is 3.47. The van der Waals surface area contributed by atoms with Crippen LogP contribution in [0.4, 0.5) is 4.39 Å². The van der Waals surface area contributed by atoms with Crippen LogP contribution in [-0.2, 0) is 28.5 Å². The van der Waals surface area contributed by atoms with Crippen molar-refractivity contribution in [2.45, 2.75) is 25.9 Å². The van der Waals surface area contributed by atoms with Gasteiger partial charge in [0.05, 0.1) is 23.0 Å². The van der Waals surface area contributed by atoms with Crippen LogP contribution in [0.2, 0.25) is 5.02 Å². The molecule has 1 aromatic heterocycles. The highest BCUT2D eigenvalue weighted by molar-refractivity contribution is 7.71. The molecular weight excluding hydrogens is 439 g/mol. The van der Waals surface area contributed by atoms with E-state index in [1.807, 2.05) is 0 Å². The van der Waals surface area contributed by atoms with Gasteiger partial charge in [0.1, 0.15) is 5.82 Å². The number of benzene rings is 1. The normalized spacial score (nSPS) is 18.1. The Labute approximate surface area is 179 Å². The molecule has 12 heteroatoms. The summed E-state index contributed by atoms with van der Waals surface area (Å²) in [6, 6.07) is 2.17. The lowest BCUT2D eigenvalue weighted by Crippen LogP contribution is -2.44. The number of ether oxygens (including phenoxy) is 1. The first kappa shape index (κ1) is 21.9. The fourth-order valence-corrected chi connectivity index (χ4v) is 3.40. The van der Waals surface area contributed by atoms with E-state index in [9.17, 15) is 18.8 Å². The van der Waals surface area contributed by atoms with Gasteiger partial charge in [0, 0.05) is 26.1 Å². The number of carbonyl (C=O) groups excluding carboxylic acids is 1. The monoisotopic (exact) mass is 456 g/mol. The van der Waals surface area contributed by atoms with E-state index in [0.29, 0.717) is 4.57 Å². The standard InChI is InChI=1S/C18H18ClFN4O5S/c1-5-28-14(25)18(2)8-12(21-29-18)9-6-13(11(20)7-10(9)19)24-15(26)22(3)17(30)23(4)16(24)27/h6-7H,5,8H2,1-4H3. The van der Waals surface area contributed by atoms with Crippen molar-refractivity contribution in [1.29, 1.82) is 0 Å². The number of hydrogen-bond donors (Lipinski definition) is 0. The second kappa shape index (κ2) is 7.80. The fraction of sp³-hybridized carbons (Fsp3) is 0.389. The highest BCUT2D eigenvalue weighted by Gasteiger charge is 2.44. The molecule has 0 saturated carbocycles. The maximum atomic E-state index is 14.7. The molecule has 3 rings (SSSR count). The Morgan fingerprint density at radius 2 is 1.93 bits per heavy atom. The van der Waals surface area contributed by atoms with Gasteiger partial charge < -0.3 is 9.57 Å². The molecule has 0 radical (unpaired) electrons. The van der Waals surface area contributed by atoms with E-state index in [-0.39, 0.29) is 39.8 Å². The van der Waals surface area contributed by atoms with Crippen LogP contribution in [0.3, 0.4) is 0 Å². The Balaban J connectivity index is 2.15. The summed E-state index contributed by atoms with van der Waals surface area (Å²) in [5.74, 6) is -1.51. The average Bonchev–Trinajstić information content (AvgIpc) is 3.10. The van der Waals surface area contributed by atoms with E-state index in [4.69, 9.17) is 33.4 Å². The summed E-state index contributed by atoms with van der Waals surface area (Å²) >= 11 is 11.2. The minimum Gasteiger partial charge on any atom is -0.463 e. The van der Waals surface area contributed by atoms with E-state index < -0.39 is 28.8 Å². The molecule has 0 N–H and O–H groups in total. The first-order chi connectivity index (χ1) is 14.0. The second-order valence-electron chi connectivity index (χ2n) is 6.84. The number of nitrogens with zero attached hydrogens (tertiary/aromatic N) is 4. The molecule has 9 nitrogen and oxygen atoms in total. The van der Waals surface area contributed by atoms with E-state index >= 15 is 0 Å². The molecule has 0 bridgehead atoms. The molecule has 30 heavy (non-hydrogen) atoms. The number of carbonyl (C=O) groups is 1. The van der Waals surface area contributed by atoms with Gasteiger partial charge in [-0.2, -0.15) is 0 Å². The number of rotatable bonds is 4. The van der Waals surface area contributed by atoms with Crippen molar-refractivity contribution < 1.29 is 18.8 Å². The predicted molar refractivity (Wildman–Crippen MR) is 109 cm³/mol. The summed E-state index contributed by atoms with van der Waals surface area (Å²) in [4.78, 5) is 42.7. The Hall–Kier alpha value is -2.79. The summed E-state index contributed by atoms with van der Waals surface area (Å²) in [6.45, 7) is 3.33. The lowest BCUT2D eigenvalue weighted by atomic mass is 9.95. The number of hydrogen-bond acceptors (Lipinski definition) is 7. The van der Waals surface area contributed by atoms with Crippen molar-refractivity contribution in [1.82, 2.24) is 13.7 Å². The third-order valence-corrected chi connectivity index (χ3v) is 5.55. The quantitative estimate of drug-likeness (QED) is 0.514. The third-order valence-electron chi connectivity index (χ3n) is 4.69. The van der Waals surface area contributed by atoms with Crippen molar-refractivity contribution in [3.63, 3.8) is 0 Å². The van der Waals surface area contributed by atoms with E-state index in [1.54, 1.807) is 6.92 Å². The molecule has 0 amide bonds. The van der Waals surface area contributed by atoms with E-state index in [0.717, 1.165) is 15.2 Å². The van der Waals surface area contributed by atoms with Crippen LogP contribution in [0.15, 0.2) is 26.9 Å². The highest BCUT2D eigenvalue weighted by atomic mass is 35.5. The molecule has 1 atom stereocenters. The number of esters is 1. The molecule has 1 aliphatic rings. The Morgan fingerprint density at radius 3 is 2.50 bits per heavy atom. The summed E-state index contributed by atoms with van der Waals surface area (Å²) in [5, 5.41) is 3.87. The molecule has 1 unspecified atom stereocenters. The van der Waals surface area contributed by atoms with Crippen molar-refractivity contribution in [3.8, 4) is 5.69 Å². The van der Waals surface area contributed by atoms with Crippen LogP contribution in [0.1, 0.15) is 25.8 Å². The molecule has 0 aliphatic carbocycles. The lowest BCUT2D eigenvalue weighted by molar-refractivity contribution is -0.166. The van der Waals surface area contributed by atoms with Gasteiger partial charge in [-0.15, -0.1) is 0 Å². The van der Waals surface area contributed by atoms with Crippen LogP contribution in [0.5, 0.6) is 0 Å². The molecule has 2 aromatic rings. The van der Waals surface area contributed by atoms with Gasteiger partial charge in [-0.3, -0.25) is 9.13 Å². The summed E-state index contributed by atoms with van der Waals surface area (Å²) in [7, 11) is 2.74. The lowest BCUT2D eigenvalue weighted by Gasteiger charge is -2.18. The van der Waals surface area contributed by atoms with Gasteiger partial charge in [-0.05, 0) is 38.2 Å².